The Hall–Kier alpha value is -2.66. The van der Waals surface area contributed by atoms with Crippen LogP contribution < -0.4 is 0 Å². The first kappa shape index (κ1) is 63.3. The number of carbonyl (C=O) groups is 2. The molecule has 5 heteroatoms. The van der Waals surface area contributed by atoms with Crippen molar-refractivity contribution in [2.24, 2.45) is 0 Å². The number of hydrogen-bond donors (Lipinski definition) is 0. The third-order valence-corrected chi connectivity index (χ3v) is 12.2. The van der Waals surface area contributed by atoms with Crippen molar-refractivity contribution in [3.63, 3.8) is 0 Å². The summed E-state index contributed by atoms with van der Waals surface area (Å²) in [6.45, 7) is 7.65. The second-order valence-corrected chi connectivity index (χ2v) is 18.8. The fraction of sp³-hybridized carbons (Fsp3) is 0.770. The fourth-order valence-electron chi connectivity index (χ4n) is 8.00. The molecule has 0 heterocycles. The quantitative estimate of drug-likeness (QED) is 0.0346. The van der Waals surface area contributed by atoms with E-state index in [1.54, 1.807) is 0 Å². The number of allylic oxidation sites excluding steroid dienone is 12. The number of ether oxygens (including phenoxy) is 3. The molecule has 0 saturated heterocycles. The highest BCUT2D eigenvalue weighted by Crippen LogP contribution is 2.16. The van der Waals surface area contributed by atoms with Gasteiger partial charge in [-0.05, 0) is 89.9 Å². The Kier molecular flexibility index (Phi) is 54.4. The molecular formula is C61H108O5. The van der Waals surface area contributed by atoms with Crippen LogP contribution in [-0.4, -0.2) is 37.9 Å². The molecule has 0 fully saturated rings. The van der Waals surface area contributed by atoms with Gasteiger partial charge in [0.05, 0.1) is 6.61 Å². The zero-order valence-corrected chi connectivity index (χ0v) is 44.0. The summed E-state index contributed by atoms with van der Waals surface area (Å²) >= 11 is 0. The summed E-state index contributed by atoms with van der Waals surface area (Å²) in [5.41, 5.74) is 0. The molecule has 0 N–H and O–H groups in total. The Bertz CT molecular complexity index is 1180. The van der Waals surface area contributed by atoms with Crippen LogP contribution in [-0.2, 0) is 23.8 Å². The largest absolute Gasteiger partial charge is 0.462 e. The standard InChI is InChI=1S/C61H108O5/c1-4-7-10-13-16-19-22-25-28-30-31-32-34-36-39-42-45-48-51-54-60(62)65-58-59(57-64-56-53-50-47-44-41-38-35-29-26-23-20-17-14-11-8-5-2)66-61(63)55-52-49-46-43-40-37-33-27-24-21-18-15-12-9-6-3/h8,11,16-17,19-20,25-26,28-29,38,41,59H,4-7,9-10,12-15,18,21-24,27,30-37,39-40,42-58H2,1-3H3/b11-8-,19-16-,20-17-,28-25-,29-26-,41-38-. The molecular weight excluding hydrogens is 813 g/mol. The van der Waals surface area contributed by atoms with Crippen molar-refractivity contribution in [2.75, 3.05) is 19.8 Å². The average molecular weight is 922 g/mol. The summed E-state index contributed by atoms with van der Waals surface area (Å²) in [6, 6.07) is 0. The Morgan fingerprint density at radius 1 is 0.348 bits per heavy atom. The van der Waals surface area contributed by atoms with Crippen molar-refractivity contribution >= 4 is 11.9 Å². The molecule has 0 radical (unpaired) electrons. The fourth-order valence-corrected chi connectivity index (χ4v) is 8.00. The van der Waals surface area contributed by atoms with Crippen molar-refractivity contribution in [2.45, 2.75) is 284 Å². The maximum absolute atomic E-state index is 12.8. The number of carbonyl (C=O) groups excluding carboxylic acids is 2. The third-order valence-electron chi connectivity index (χ3n) is 12.2. The van der Waals surface area contributed by atoms with Gasteiger partial charge in [-0.2, -0.15) is 0 Å². The van der Waals surface area contributed by atoms with Gasteiger partial charge in [0.15, 0.2) is 6.10 Å². The lowest BCUT2D eigenvalue weighted by Gasteiger charge is -2.18. The van der Waals surface area contributed by atoms with E-state index in [2.05, 4.69) is 93.7 Å². The normalized spacial score (nSPS) is 12.7. The molecule has 66 heavy (non-hydrogen) atoms. The topological polar surface area (TPSA) is 61.8 Å². The van der Waals surface area contributed by atoms with Gasteiger partial charge < -0.3 is 14.2 Å². The van der Waals surface area contributed by atoms with Gasteiger partial charge in [0.25, 0.3) is 0 Å². The average Bonchev–Trinajstić information content (AvgIpc) is 3.32. The Labute approximate surface area is 410 Å². The highest BCUT2D eigenvalue weighted by molar-refractivity contribution is 5.70. The summed E-state index contributed by atoms with van der Waals surface area (Å²) in [5, 5.41) is 0. The van der Waals surface area contributed by atoms with Crippen LogP contribution in [0.5, 0.6) is 0 Å². The minimum absolute atomic E-state index is 0.0707. The van der Waals surface area contributed by atoms with E-state index in [0.29, 0.717) is 19.4 Å². The zero-order valence-electron chi connectivity index (χ0n) is 44.0. The van der Waals surface area contributed by atoms with Crippen molar-refractivity contribution in [1.29, 1.82) is 0 Å². The van der Waals surface area contributed by atoms with Crippen LogP contribution in [0.25, 0.3) is 0 Å². The molecule has 0 aliphatic carbocycles. The summed E-state index contributed by atoms with van der Waals surface area (Å²) < 4.78 is 17.4. The van der Waals surface area contributed by atoms with Gasteiger partial charge in [0.1, 0.15) is 6.61 Å². The van der Waals surface area contributed by atoms with Gasteiger partial charge in [-0.15, -0.1) is 0 Å². The molecule has 0 rings (SSSR count). The predicted molar refractivity (Wildman–Crippen MR) is 288 cm³/mol. The Morgan fingerprint density at radius 3 is 1.12 bits per heavy atom. The van der Waals surface area contributed by atoms with Crippen LogP contribution in [0.3, 0.4) is 0 Å². The minimum atomic E-state index is -0.555. The van der Waals surface area contributed by atoms with Crippen LogP contribution in [0.15, 0.2) is 72.9 Å². The molecule has 382 valence electrons. The number of hydrogen-bond acceptors (Lipinski definition) is 5. The van der Waals surface area contributed by atoms with Crippen molar-refractivity contribution in [3.05, 3.63) is 72.9 Å². The maximum Gasteiger partial charge on any atom is 0.306 e. The summed E-state index contributed by atoms with van der Waals surface area (Å²) in [4.78, 5) is 25.5. The number of unbranched alkanes of at least 4 members (excludes halogenated alkanes) is 29. The first-order valence-electron chi connectivity index (χ1n) is 28.5. The van der Waals surface area contributed by atoms with Crippen LogP contribution >= 0.6 is 0 Å². The van der Waals surface area contributed by atoms with Gasteiger partial charge in [-0.25, -0.2) is 0 Å². The predicted octanol–water partition coefficient (Wildman–Crippen LogP) is 19.5. The van der Waals surface area contributed by atoms with Crippen molar-refractivity contribution < 1.29 is 23.8 Å². The first-order valence-corrected chi connectivity index (χ1v) is 28.5. The smallest absolute Gasteiger partial charge is 0.306 e. The lowest BCUT2D eigenvalue weighted by atomic mass is 10.0. The van der Waals surface area contributed by atoms with Gasteiger partial charge >= 0.3 is 11.9 Å². The molecule has 0 aromatic carbocycles. The summed E-state index contributed by atoms with van der Waals surface area (Å²) in [6.07, 6.45) is 73.5. The molecule has 0 saturated carbocycles. The number of rotatable bonds is 52. The molecule has 0 aliphatic heterocycles. The molecule has 0 spiro atoms. The van der Waals surface area contributed by atoms with Gasteiger partial charge in [0, 0.05) is 19.4 Å². The van der Waals surface area contributed by atoms with Crippen molar-refractivity contribution in [1.82, 2.24) is 0 Å². The molecule has 1 unspecified atom stereocenters. The Balaban J connectivity index is 4.30. The third kappa shape index (κ3) is 54.0. The first-order chi connectivity index (χ1) is 32.6. The van der Waals surface area contributed by atoms with Crippen molar-refractivity contribution in [3.8, 4) is 0 Å². The lowest BCUT2D eigenvalue weighted by Crippen LogP contribution is -2.30. The molecule has 0 amide bonds. The van der Waals surface area contributed by atoms with E-state index in [0.717, 1.165) is 83.5 Å². The molecule has 0 aromatic rings. The summed E-state index contributed by atoms with van der Waals surface area (Å²) in [7, 11) is 0. The van der Waals surface area contributed by atoms with Gasteiger partial charge in [-0.1, -0.05) is 248 Å². The SMILES string of the molecule is CC/C=C\C/C=C\C/C=C\C/C=C\CCCCCOCC(COC(=O)CCCCCCCCCCC/C=C\C/C=C\CCCCC)OC(=O)CCCCCCCCCCCCCCCCC. The van der Waals surface area contributed by atoms with Gasteiger partial charge in [-0.3, -0.25) is 9.59 Å². The highest BCUT2D eigenvalue weighted by atomic mass is 16.6. The van der Waals surface area contributed by atoms with Crippen LogP contribution in [0.4, 0.5) is 0 Å². The summed E-state index contributed by atoms with van der Waals surface area (Å²) in [5.74, 6) is -0.410. The van der Waals surface area contributed by atoms with E-state index in [9.17, 15) is 9.59 Å². The zero-order chi connectivity index (χ0) is 47.7. The van der Waals surface area contributed by atoms with E-state index in [-0.39, 0.29) is 25.2 Å². The molecule has 0 aliphatic rings. The molecule has 5 nitrogen and oxygen atoms in total. The monoisotopic (exact) mass is 921 g/mol. The van der Waals surface area contributed by atoms with E-state index in [1.807, 2.05) is 0 Å². The van der Waals surface area contributed by atoms with Crippen LogP contribution in [0.2, 0.25) is 0 Å². The second kappa shape index (κ2) is 56.7. The van der Waals surface area contributed by atoms with Gasteiger partial charge in [0.2, 0.25) is 0 Å². The van der Waals surface area contributed by atoms with E-state index in [1.165, 1.54) is 161 Å². The minimum Gasteiger partial charge on any atom is -0.462 e. The number of esters is 2. The molecule has 1 atom stereocenters. The second-order valence-electron chi connectivity index (χ2n) is 18.8. The van der Waals surface area contributed by atoms with E-state index in [4.69, 9.17) is 14.2 Å². The van der Waals surface area contributed by atoms with Crippen LogP contribution in [0, 0.1) is 0 Å². The van der Waals surface area contributed by atoms with E-state index >= 15 is 0 Å². The molecule has 0 aromatic heterocycles. The Morgan fingerprint density at radius 2 is 0.682 bits per heavy atom. The lowest BCUT2D eigenvalue weighted by molar-refractivity contribution is -0.163. The maximum atomic E-state index is 12.8. The van der Waals surface area contributed by atoms with E-state index < -0.39 is 6.10 Å². The van der Waals surface area contributed by atoms with Crippen LogP contribution in [0.1, 0.15) is 278 Å². The highest BCUT2D eigenvalue weighted by Gasteiger charge is 2.17. The molecule has 0 bridgehead atoms.